The van der Waals surface area contributed by atoms with Crippen molar-refractivity contribution in [3.05, 3.63) is 35.4 Å². The van der Waals surface area contributed by atoms with E-state index in [1.54, 1.807) is 11.1 Å². The number of hydrogen-bond donors (Lipinski definition) is 1. The second-order valence-corrected chi connectivity index (χ2v) is 5.28. The molecule has 2 rings (SSSR count). The minimum absolute atomic E-state index is 0.734. The predicted octanol–water partition coefficient (Wildman–Crippen LogP) is 3.88. The number of hydrogen-bond acceptors (Lipinski definition) is 1. The zero-order valence-corrected chi connectivity index (χ0v) is 11.2. The smallest absolute Gasteiger partial charge is 0.00671 e. The van der Waals surface area contributed by atoms with Crippen LogP contribution in [0.25, 0.3) is 0 Å². The third kappa shape index (κ3) is 3.10. The molecule has 94 valence electrons. The van der Waals surface area contributed by atoms with Crippen LogP contribution in [0.15, 0.2) is 24.3 Å². The molecule has 0 bridgehead atoms. The molecular formula is C16H25N. The Kier molecular flexibility index (Phi) is 4.61. The van der Waals surface area contributed by atoms with E-state index in [1.807, 2.05) is 0 Å². The summed E-state index contributed by atoms with van der Waals surface area (Å²) >= 11 is 0. The summed E-state index contributed by atoms with van der Waals surface area (Å²) in [5, 5.41) is 3.76. The van der Waals surface area contributed by atoms with Crippen molar-refractivity contribution in [2.45, 2.75) is 57.9 Å². The van der Waals surface area contributed by atoms with Crippen LogP contribution in [0.3, 0.4) is 0 Å². The average Bonchev–Trinajstić information content (AvgIpc) is 2.31. The highest BCUT2D eigenvalue weighted by atomic mass is 14.9. The van der Waals surface area contributed by atoms with Crippen molar-refractivity contribution in [3.8, 4) is 0 Å². The van der Waals surface area contributed by atoms with Crippen molar-refractivity contribution in [1.82, 2.24) is 5.32 Å². The maximum Gasteiger partial charge on any atom is 0.00671 e. The molecule has 1 heteroatoms. The molecule has 1 aliphatic rings. The fraction of sp³-hybridized carbons (Fsp3) is 0.625. The van der Waals surface area contributed by atoms with Gasteiger partial charge in [-0.2, -0.15) is 0 Å². The zero-order chi connectivity index (χ0) is 12.1. The fourth-order valence-electron chi connectivity index (χ4n) is 2.90. The Labute approximate surface area is 106 Å². The van der Waals surface area contributed by atoms with Crippen LogP contribution in [0.1, 0.15) is 56.6 Å². The van der Waals surface area contributed by atoms with Gasteiger partial charge < -0.3 is 5.32 Å². The topological polar surface area (TPSA) is 12.0 Å². The van der Waals surface area contributed by atoms with Gasteiger partial charge in [-0.25, -0.2) is 0 Å². The summed E-state index contributed by atoms with van der Waals surface area (Å²) in [5.41, 5.74) is 3.13. The normalized spacial score (nSPS) is 17.9. The summed E-state index contributed by atoms with van der Waals surface area (Å²) in [6.07, 6.45) is 6.50. The number of fused-ring (bicyclic) bond motifs is 1. The van der Waals surface area contributed by atoms with Gasteiger partial charge in [0.1, 0.15) is 0 Å². The zero-order valence-electron chi connectivity index (χ0n) is 11.2. The molecule has 17 heavy (non-hydrogen) atoms. The van der Waals surface area contributed by atoms with Gasteiger partial charge in [-0.15, -0.1) is 0 Å². The number of benzene rings is 1. The highest BCUT2D eigenvalue weighted by molar-refractivity contribution is 5.40. The minimum Gasteiger partial charge on any atom is -0.313 e. The van der Waals surface area contributed by atoms with Gasteiger partial charge in [0.15, 0.2) is 0 Å². The van der Waals surface area contributed by atoms with Crippen LogP contribution < -0.4 is 5.32 Å². The van der Waals surface area contributed by atoms with Gasteiger partial charge in [-0.1, -0.05) is 51.0 Å². The van der Waals surface area contributed by atoms with Gasteiger partial charge in [0.2, 0.25) is 0 Å². The van der Waals surface area contributed by atoms with E-state index in [2.05, 4.69) is 43.4 Å². The van der Waals surface area contributed by atoms with E-state index >= 15 is 0 Å². The van der Waals surface area contributed by atoms with Crippen molar-refractivity contribution in [3.63, 3.8) is 0 Å². The standard InChI is InChI=1S/C16H25N/c1-3-7-15(8-4-2)17-12-14-11-13-9-5-6-10-16(13)14/h5-6,9-10,14-15,17H,3-4,7-8,11-12H2,1-2H3. The van der Waals surface area contributed by atoms with Crippen LogP contribution in [0.2, 0.25) is 0 Å². The van der Waals surface area contributed by atoms with Gasteiger partial charge in [-0.05, 0) is 30.4 Å². The van der Waals surface area contributed by atoms with E-state index in [-0.39, 0.29) is 0 Å². The molecule has 0 heterocycles. The molecular weight excluding hydrogens is 206 g/mol. The first-order valence-corrected chi connectivity index (χ1v) is 7.16. The van der Waals surface area contributed by atoms with Crippen LogP contribution in [0, 0.1) is 0 Å². The molecule has 1 atom stereocenters. The molecule has 0 saturated heterocycles. The highest BCUT2D eigenvalue weighted by Gasteiger charge is 2.25. The van der Waals surface area contributed by atoms with Crippen LogP contribution in [0.4, 0.5) is 0 Å². The highest BCUT2D eigenvalue weighted by Crippen LogP contribution is 2.34. The van der Waals surface area contributed by atoms with Crippen molar-refractivity contribution in [2.24, 2.45) is 0 Å². The van der Waals surface area contributed by atoms with Gasteiger partial charge >= 0.3 is 0 Å². The molecule has 0 saturated carbocycles. The second kappa shape index (κ2) is 6.20. The van der Waals surface area contributed by atoms with Gasteiger partial charge in [0, 0.05) is 18.5 Å². The lowest BCUT2D eigenvalue weighted by Crippen LogP contribution is -2.36. The Morgan fingerprint density at radius 1 is 1.18 bits per heavy atom. The van der Waals surface area contributed by atoms with Crippen molar-refractivity contribution >= 4 is 0 Å². The quantitative estimate of drug-likeness (QED) is 0.751. The Balaban J connectivity index is 1.79. The number of rotatable bonds is 7. The van der Waals surface area contributed by atoms with E-state index in [9.17, 15) is 0 Å². The molecule has 1 aliphatic carbocycles. The average molecular weight is 231 g/mol. The van der Waals surface area contributed by atoms with Crippen molar-refractivity contribution in [1.29, 1.82) is 0 Å². The lowest BCUT2D eigenvalue weighted by molar-refractivity contribution is 0.414. The van der Waals surface area contributed by atoms with Gasteiger partial charge in [0.05, 0.1) is 0 Å². The summed E-state index contributed by atoms with van der Waals surface area (Å²) in [7, 11) is 0. The molecule has 1 unspecified atom stereocenters. The van der Waals surface area contributed by atoms with E-state index in [0.717, 1.165) is 12.0 Å². The van der Waals surface area contributed by atoms with Crippen LogP contribution in [-0.2, 0) is 6.42 Å². The molecule has 1 N–H and O–H groups in total. The van der Waals surface area contributed by atoms with Gasteiger partial charge in [-0.3, -0.25) is 0 Å². The first-order valence-electron chi connectivity index (χ1n) is 7.16. The van der Waals surface area contributed by atoms with Crippen LogP contribution in [-0.4, -0.2) is 12.6 Å². The number of nitrogens with one attached hydrogen (secondary N) is 1. The molecule has 0 fully saturated rings. The van der Waals surface area contributed by atoms with Crippen molar-refractivity contribution in [2.75, 3.05) is 6.54 Å². The Hall–Kier alpha value is -0.820. The monoisotopic (exact) mass is 231 g/mol. The summed E-state index contributed by atoms with van der Waals surface area (Å²) in [4.78, 5) is 0. The molecule has 1 aromatic carbocycles. The molecule has 0 aromatic heterocycles. The van der Waals surface area contributed by atoms with Crippen molar-refractivity contribution < 1.29 is 0 Å². The van der Waals surface area contributed by atoms with E-state index < -0.39 is 0 Å². The summed E-state index contributed by atoms with van der Waals surface area (Å²) in [6, 6.07) is 9.61. The SMILES string of the molecule is CCCC(CCC)NCC1Cc2ccccc21. The first kappa shape index (κ1) is 12.6. The Morgan fingerprint density at radius 3 is 2.53 bits per heavy atom. The van der Waals surface area contributed by atoms with Crippen LogP contribution in [0.5, 0.6) is 0 Å². The molecule has 1 nitrogen and oxygen atoms in total. The fourth-order valence-corrected chi connectivity index (χ4v) is 2.90. The maximum atomic E-state index is 3.76. The summed E-state index contributed by atoms with van der Waals surface area (Å²) < 4.78 is 0. The third-order valence-electron chi connectivity index (χ3n) is 3.89. The molecule has 0 radical (unpaired) electrons. The molecule has 0 amide bonds. The first-order chi connectivity index (χ1) is 8.35. The van der Waals surface area contributed by atoms with E-state index in [4.69, 9.17) is 0 Å². The Morgan fingerprint density at radius 2 is 1.88 bits per heavy atom. The van der Waals surface area contributed by atoms with Crippen LogP contribution >= 0.6 is 0 Å². The Bertz CT molecular complexity index is 339. The summed E-state index contributed by atoms with van der Waals surface area (Å²) in [6.45, 7) is 5.73. The predicted molar refractivity (Wildman–Crippen MR) is 74.5 cm³/mol. The third-order valence-corrected chi connectivity index (χ3v) is 3.89. The molecule has 0 spiro atoms. The minimum atomic E-state index is 0.734. The lowest BCUT2D eigenvalue weighted by atomic mass is 9.77. The second-order valence-electron chi connectivity index (χ2n) is 5.28. The lowest BCUT2D eigenvalue weighted by Gasteiger charge is -2.32. The van der Waals surface area contributed by atoms with E-state index in [1.165, 1.54) is 38.6 Å². The maximum absolute atomic E-state index is 3.76. The largest absolute Gasteiger partial charge is 0.313 e. The van der Waals surface area contributed by atoms with Gasteiger partial charge in [0.25, 0.3) is 0 Å². The molecule has 1 aromatic rings. The van der Waals surface area contributed by atoms with E-state index in [0.29, 0.717) is 0 Å². The molecule has 0 aliphatic heterocycles. The summed E-state index contributed by atoms with van der Waals surface area (Å²) in [5.74, 6) is 0.766.